The zero-order chi connectivity index (χ0) is 32.9. The average molecular weight is 618 g/mol. The molecule has 0 saturated heterocycles. The van der Waals surface area contributed by atoms with E-state index in [1.807, 2.05) is 12.2 Å². The second-order valence-corrected chi connectivity index (χ2v) is 12.2. The van der Waals surface area contributed by atoms with Crippen molar-refractivity contribution in [3.63, 3.8) is 0 Å². The van der Waals surface area contributed by atoms with E-state index in [0.717, 1.165) is 81.4 Å². The van der Waals surface area contributed by atoms with Crippen molar-refractivity contribution in [3.8, 4) is 0 Å². The highest BCUT2D eigenvalue weighted by molar-refractivity contribution is 6.04. The van der Waals surface area contributed by atoms with Gasteiger partial charge in [0, 0.05) is 33.9 Å². The van der Waals surface area contributed by atoms with E-state index >= 15 is 0 Å². The summed E-state index contributed by atoms with van der Waals surface area (Å²) in [4.78, 5) is 39.5. The first-order chi connectivity index (χ1) is 22.2. The topological polar surface area (TPSA) is 97.1 Å². The molecule has 4 aliphatic rings. The van der Waals surface area contributed by atoms with E-state index in [1.165, 1.54) is 36.5 Å². The van der Waals surface area contributed by atoms with Crippen LogP contribution in [-0.4, -0.2) is 41.1 Å². The number of hydrogen-bond donors (Lipinski definition) is 2. The molecule has 1 aliphatic heterocycles. The van der Waals surface area contributed by atoms with E-state index in [1.54, 1.807) is 0 Å². The van der Waals surface area contributed by atoms with Crippen LogP contribution in [0.2, 0.25) is 0 Å². The number of carbonyl (C=O) groups is 2. The molecule has 3 aromatic heterocycles. The Morgan fingerprint density at radius 1 is 0.652 bits per heavy atom. The Balaban J connectivity index is 1.83. The van der Waals surface area contributed by atoms with Crippen molar-refractivity contribution < 1.29 is 19.1 Å². The molecule has 46 heavy (non-hydrogen) atoms. The quantitative estimate of drug-likeness (QED) is 0.214. The number of esters is 2. The van der Waals surface area contributed by atoms with Gasteiger partial charge < -0.3 is 19.4 Å². The third-order valence-electron chi connectivity index (χ3n) is 9.99. The number of carbonyl (C=O) groups excluding carboxylic acids is 2. The normalized spacial score (nSPS) is 17.4. The smallest absolute Gasteiger partial charge is 0.335 e. The molecule has 3 aliphatic carbocycles. The Bertz CT molecular complexity index is 2030. The summed E-state index contributed by atoms with van der Waals surface area (Å²) in [5.74, 6) is -2.06. The maximum atomic E-state index is 13.4. The van der Waals surface area contributed by atoms with E-state index in [9.17, 15) is 9.59 Å². The first-order valence-corrected chi connectivity index (χ1v) is 16.4. The summed E-state index contributed by atoms with van der Waals surface area (Å²) >= 11 is 0. The van der Waals surface area contributed by atoms with Crippen molar-refractivity contribution in [1.82, 2.24) is 15.0 Å². The van der Waals surface area contributed by atoms with Gasteiger partial charge in [-0.3, -0.25) is 0 Å². The van der Waals surface area contributed by atoms with Gasteiger partial charge in [-0.15, -0.1) is 0 Å². The van der Waals surface area contributed by atoms with Crippen LogP contribution in [0.5, 0.6) is 0 Å². The Morgan fingerprint density at radius 3 is 1.72 bits per heavy atom. The molecule has 0 aromatic carbocycles. The minimum atomic E-state index is -0.538. The number of rotatable bonds is 6. The molecular formula is C39H43N3O4. The summed E-state index contributed by atoms with van der Waals surface area (Å²) in [5, 5.41) is 0. The number of aromatic amines is 2. The Morgan fingerprint density at radius 2 is 1.17 bits per heavy atom. The van der Waals surface area contributed by atoms with Crippen LogP contribution in [0.25, 0.3) is 33.2 Å². The van der Waals surface area contributed by atoms with Gasteiger partial charge in [0.05, 0.1) is 36.8 Å². The second kappa shape index (κ2) is 12.3. The molecule has 0 unspecified atom stereocenters. The van der Waals surface area contributed by atoms with Crippen LogP contribution in [0.4, 0.5) is 0 Å². The van der Waals surface area contributed by atoms with Gasteiger partial charge in [-0.2, -0.15) is 0 Å². The highest BCUT2D eigenvalue weighted by atomic mass is 16.5. The highest BCUT2D eigenvalue weighted by Crippen LogP contribution is 2.46. The molecule has 10 bridgehead atoms. The summed E-state index contributed by atoms with van der Waals surface area (Å²) in [5.41, 5.74) is 15.7. The number of fused-ring (bicyclic) bond motifs is 6. The number of methoxy groups -OCH3 is 2. The molecule has 0 fully saturated rings. The molecule has 7 rings (SSSR count). The molecule has 0 spiro atoms. The highest BCUT2D eigenvalue weighted by Gasteiger charge is 2.39. The van der Waals surface area contributed by atoms with Crippen LogP contribution in [0.1, 0.15) is 97.6 Å². The minimum absolute atomic E-state index is 0.308. The summed E-state index contributed by atoms with van der Waals surface area (Å²) in [6.07, 6.45) is 7.53. The molecule has 0 radical (unpaired) electrons. The van der Waals surface area contributed by atoms with Crippen LogP contribution in [0.15, 0.2) is 53.6 Å². The molecule has 4 heterocycles. The SMILES string of the molecule is CCC1=C(C)c2cc3cc(cc4[nH]c(cc5[nH]c(cc1n2)c(CC)c5CC)c(CC)c4C)[C@@H]1C=C[C@H]3C(C(=O)OC)=C1C(=O)OC. The largest absolute Gasteiger partial charge is 0.466 e. The van der Waals surface area contributed by atoms with Crippen molar-refractivity contribution in [1.29, 1.82) is 0 Å². The van der Waals surface area contributed by atoms with Crippen molar-refractivity contribution >= 4 is 45.2 Å². The van der Waals surface area contributed by atoms with E-state index in [0.29, 0.717) is 11.1 Å². The molecule has 7 nitrogen and oxygen atoms in total. The van der Waals surface area contributed by atoms with Crippen LogP contribution in [0.3, 0.4) is 0 Å². The predicted octanol–water partition coefficient (Wildman–Crippen LogP) is 8.34. The number of aromatic nitrogens is 3. The number of H-pyrrole nitrogens is 2. The Labute approximate surface area is 270 Å². The minimum Gasteiger partial charge on any atom is -0.466 e. The summed E-state index contributed by atoms with van der Waals surface area (Å²) < 4.78 is 10.5. The molecule has 0 saturated carbocycles. The van der Waals surface area contributed by atoms with Gasteiger partial charge in [-0.05, 0) is 108 Å². The number of allylic oxidation sites excluding steroid dienone is 4. The third kappa shape index (κ3) is 4.93. The van der Waals surface area contributed by atoms with E-state index in [4.69, 9.17) is 14.5 Å². The zero-order valence-corrected chi connectivity index (χ0v) is 28.1. The molecule has 0 amide bonds. The predicted molar refractivity (Wildman–Crippen MR) is 185 cm³/mol. The Hall–Kier alpha value is -4.65. The van der Waals surface area contributed by atoms with E-state index in [2.05, 4.69) is 81.8 Å². The van der Waals surface area contributed by atoms with E-state index < -0.39 is 23.8 Å². The van der Waals surface area contributed by atoms with Gasteiger partial charge in [0.15, 0.2) is 0 Å². The number of ether oxygens (including phenoxy) is 2. The van der Waals surface area contributed by atoms with Gasteiger partial charge >= 0.3 is 11.9 Å². The molecular weight excluding hydrogens is 574 g/mol. The second-order valence-electron chi connectivity index (χ2n) is 12.2. The maximum absolute atomic E-state index is 13.4. The lowest BCUT2D eigenvalue weighted by atomic mass is 9.80. The van der Waals surface area contributed by atoms with Crippen LogP contribution < -0.4 is 0 Å². The van der Waals surface area contributed by atoms with Crippen molar-refractivity contribution in [2.75, 3.05) is 14.2 Å². The van der Waals surface area contributed by atoms with Gasteiger partial charge in [0.25, 0.3) is 0 Å². The molecule has 3 aromatic rings. The fourth-order valence-electron chi connectivity index (χ4n) is 7.65. The third-order valence-corrected chi connectivity index (χ3v) is 9.99. The van der Waals surface area contributed by atoms with Crippen molar-refractivity contribution in [2.24, 2.45) is 0 Å². The van der Waals surface area contributed by atoms with Gasteiger partial charge in [0.1, 0.15) is 0 Å². The van der Waals surface area contributed by atoms with Crippen LogP contribution in [0, 0.1) is 6.92 Å². The van der Waals surface area contributed by atoms with Gasteiger partial charge in [0.2, 0.25) is 0 Å². The fraction of sp³-hybridized carbons (Fsp3) is 0.359. The number of hydrogen-bond acceptors (Lipinski definition) is 5. The Kier molecular flexibility index (Phi) is 8.36. The number of nitrogens with one attached hydrogen (secondary N) is 2. The van der Waals surface area contributed by atoms with Crippen molar-refractivity contribution in [2.45, 2.75) is 79.1 Å². The summed E-state index contributed by atoms with van der Waals surface area (Å²) in [6, 6.07) is 10.7. The molecule has 2 N–H and O–H groups in total. The standard InChI is InChI=1S/C39H43N3O4/c1-9-24-20(5)30-16-22-15-23(29-14-13-28(22)36(38(43)45-7)37(29)39(44)46-8)17-31-21(6)25(10-2)33(41-31)19-35-27(12-4)26(11-3)34(42-35)18-32(24)40-30/h13-19,28-29,40,42H,9-12H2,1-8H3/t28-,29+/m0/s1. The van der Waals surface area contributed by atoms with Gasteiger partial charge in [-0.1, -0.05) is 45.9 Å². The first kappa shape index (κ1) is 31.3. The monoisotopic (exact) mass is 617 g/mol. The summed E-state index contributed by atoms with van der Waals surface area (Å²) in [6.45, 7) is 13.0. The van der Waals surface area contributed by atoms with Crippen LogP contribution >= 0.6 is 0 Å². The first-order valence-electron chi connectivity index (χ1n) is 16.4. The lowest BCUT2D eigenvalue weighted by Gasteiger charge is -2.24. The lowest BCUT2D eigenvalue weighted by molar-refractivity contribution is -0.139. The maximum Gasteiger partial charge on any atom is 0.335 e. The lowest BCUT2D eigenvalue weighted by Crippen LogP contribution is -2.23. The average Bonchev–Trinajstić information content (AvgIpc) is 3.58. The van der Waals surface area contributed by atoms with Crippen LogP contribution in [-0.2, 0) is 38.3 Å². The van der Waals surface area contributed by atoms with E-state index in [-0.39, 0.29) is 0 Å². The number of aryl methyl sites for hydroxylation is 4. The fourth-order valence-corrected chi connectivity index (χ4v) is 7.65. The van der Waals surface area contributed by atoms with Crippen molar-refractivity contribution in [3.05, 3.63) is 98.4 Å². The molecule has 7 heteroatoms. The summed E-state index contributed by atoms with van der Waals surface area (Å²) in [7, 11) is 2.70. The zero-order valence-electron chi connectivity index (χ0n) is 28.1. The molecule has 238 valence electrons. The molecule has 2 atom stereocenters. The van der Waals surface area contributed by atoms with Gasteiger partial charge in [-0.25, -0.2) is 14.6 Å². The number of nitrogens with zero attached hydrogens (tertiary/aromatic N) is 1.